The molecule has 132 valence electrons. The van der Waals surface area contributed by atoms with Crippen LogP contribution in [0.15, 0.2) is 35.2 Å². The van der Waals surface area contributed by atoms with Gasteiger partial charge in [0, 0.05) is 12.5 Å². The summed E-state index contributed by atoms with van der Waals surface area (Å²) in [6, 6.07) is 7.45. The van der Waals surface area contributed by atoms with Gasteiger partial charge in [0.25, 0.3) is 0 Å². The molecule has 0 saturated heterocycles. The highest BCUT2D eigenvalue weighted by molar-refractivity contribution is 7.91. The van der Waals surface area contributed by atoms with Gasteiger partial charge in [-0.1, -0.05) is 31.0 Å². The van der Waals surface area contributed by atoms with Crippen molar-refractivity contribution >= 4 is 21.7 Å². The lowest BCUT2D eigenvalue weighted by Crippen LogP contribution is -2.47. The molecule has 1 aliphatic carbocycles. The Hall–Kier alpha value is -1.89. The maximum Gasteiger partial charge on any atom is 0.242 e. The van der Waals surface area contributed by atoms with Gasteiger partial charge in [0.2, 0.25) is 11.8 Å². The fourth-order valence-corrected chi connectivity index (χ4v) is 3.97. The first-order chi connectivity index (χ1) is 11.4. The van der Waals surface area contributed by atoms with E-state index in [-0.39, 0.29) is 34.9 Å². The third kappa shape index (κ3) is 5.06. The number of rotatable bonds is 7. The van der Waals surface area contributed by atoms with E-state index in [1.807, 2.05) is 0 Å². The van der Waals surface area contributed by atoms with Crippen molar-refractivity contribution < 1.29 is 18.0 Å². The Balaban J connectivity index is 1.77. The van der Waals surface area contributed by atoms with E-state index in [0.717, 1.165) is 25.7 Å². The van der Waals surface area contributed by atoms with Gasteiger partial charge in [0.05, 0.1) is 10.6 Å². The second-order valence-electron chi connectivity index (χ2n) is 6.13. The van der Waals surface area contributed by atoms with Crippen LogP contribution in [0.3, 0.4) is 0 Å². The van der Waals surface area contributed by atoms with Crippen molar-refractivity contribution in [3.63, 3.8) is 0 Å². The molecule has 2 N–H and O–H groups in total. The smallest absolute Gasteiger partial charge is 0.242 e. The largest absolute Gasteiger partial charge is 0.353 e. The van der Waals surface area contributed by atoms with Gasteiger partial charge in [-0.25, -0.2) is 8.42 Å². The summed E-state index contributed by atoms with van der Waals surface area (Å²) in [4.78, 5) is 24.2. The van der Waals surface area contributed by atoms with E-state index >= 15 is 0 Å². The molecular weight excluding hydrogens is 328 g/mol. The van der Waals surface area contributed by atoms with Gasteiger partial charge in [0.15, 0.2) is 9.84 Å². The average Bonchev–Trinajstić information content (AvgIpc) is 3.10. The molecule has 0 aliphatic heterocycles. The minimum atomic E-state index is -3.42. The van der Waals surface area contributed by atoms with Gasteiger partial charge in [0.1, 0.15) is 6.04 Å². The Bertz CT molecular complexity index is 667. The van der Waals surface area contributed by atoms with Crippen molar-refractivity contribution in [1.82, 2.24) is 10.6 Å². The lowest BCUT2D eigenvalue weighted by Gasteiger charge is -2.16. The highest BCUT2D eigenvalue weighted by atomic mass is 32.2. The van der Waals surface area contributed by atoms with E-state index < -0.39 is 15.9 Å². The molecule has 0 radical (unpaired) electrons. The van der Waals surface area contributed by atoms with Crippen molar-refractivity contribution in [3.8, 4) is 0 Å². The van der Waals surface area contributed by atoms with Crippen LogP contribution in [0.25, 0.3) is 0 Å². The fraction of sp³-hybridized carbons (Fsp3) is 0.529. The Morgan fingerprint density at radius 2 is 1.79 bits per heavy atom. The number of hydrogen-bond acceptors (Lipinski definition) is 4. The number of carbonyl (C=O) groups is 2. The Morgan fingerprint density at radius 1 is 1.17 bits per heavy atom. The summed E-state index contributed by atoms with van der Waals surface area (Å²) >= 11 is 0. The van der Waals surface area contributed by atoms with Gasteiger partial charge >= 0.3 is 0 Å². The van der Waals surface area contributed by atoms with E-state index in [0.29, 0.717) is 0 Å². The van der Waals surface area contributed by atoms with E-state index in [4.69, 9.17) is 0 Å². The standard InChI is InChI=1S/C17H24N2O4S/c1-13(19-17(21)14-7-5-6-8-14)16(20)18-11-12-24(22,23)15-9-3-2-4-10-15/h2-4,9-10,13-14H,5-8,11-12H2,1H3,(H,18,20)(H,19,21)/t13-/m0/s1. The molecule has 2 rings (SSSR count). The van der Waals surface area contributed by atoms with Crippen molar-refractivity contribution in [2.45, 2.75) is 43.5 Å². The van der Waals surface area contributed by atoms with Crippen LogP contribution in [0, 0.1) is 5.92 Å². The zero-order valence-electron chi connectivity index (χ0n) is 13.8. The highest BCUT2D eigenvalue weighted by Crippen LogP contribution is 2.24. The lowest BCUT2D eigenvalue weighted by atomic mass is 10.1. The molecule has 2 amide bonds. The molecule has 1 aliphatic rings. The zero-order chi connectivity index (χ0) is 17.6. The predicted molar refractivity (Wildman–Crippen MR) is 91.1 cm³/mol. The van der Waals surface area contributed by atoms with Crippen LogP contribution in [0.2, 0.25) is 0 Å². The third-order valence-corrected chi connectivity index (χ3v) is 5.98. The molecule has 0 spiro atoms. The second-order valence-corrected chi connectivity index (χ2v) is 8.24. The maximum atomic E-state index is 12.1. The first-order valence-electron chi connectivity index (χ1n) is 8.26. The summed E-state index contributed by atoms with van der Waals surface area (Å²) in [6.07, 6.45) is 3.84. The molecule has 1 fully saturated rings. The molecule has 0 aromatic heterocycles. The zero-order valence-corrected chi connectivity index (χ0v) is 14.6. The molecule has 0 bridgehead atoms. The van der Waals surface area contributed by atoms with E-state index in [1.165, 1.54) is 12.1 Å². The average molecular weight is 352 g/mol. The third-order valence-electron chi connectivity index (χ3n) is 4.25. The first-order valence-corrected chi connectivity index (χ1v) is 9.91. The molecule has 0 unspecified atom stereocenters. The Kier molecular flexibility index (Phi) is 6.36. The van der Waals surface area contributed by atoms with E-state index in [1.54, 1.807) is 25.1 Å². The fourth-order valence-electron chi connectivity index (χ4n) is 2.79. The number of nitrogens with one attached hydrogen (secondary N) is 2. The summed E-state index contributed by atoms with van der Waals surface area (Å²) < 4.78 is 24.2. The van der Waals surface area contributed by atoms with Gasteiger partial charge in [-0.3, -0.25) is 9.59 Å². The maximum absolute atomic E-state index is 12.1. The van der Waals surface area contributed by atoms with Crippen molar-refractivity contribution in [2.24, 2.45) is 5.92 Å². The van der Waals surface area contributed by atoms with Gasteiger partial charge in [-0.2, -0.15) is 0 Å². The number of carbonyl (C=O) groups excluding carboxylic acids is 2. The summed E-state index contributed by atoms with van der Waals surface area (Å²) in [6.45, 7) is 1.62. The van der Waals surface area contributed by atoms with Crippen LogP contribution in [0.5, 0.6) is 0 Å². The molecule has 1 atom stereocenters. The highest BCUT2D eigenvalue weighted by Gasteiger charge is 2.25. The van der Waals surface area contributed by atoms with E-state index in [9.17, 15) is 18.0 Å². The molecular formula is C17H24N2O4S. The van der Waals surface area contributed by atoms with Crippen LogP contribution >= 0.6 is 0 Å². The number of benzene rings is 1. The molecule has 1 aromatic carbocycles. The van der Waals surface area contributed by atoms with Crippen LogP contribution in [-0.4, -0.2) is 38.6 Å². The molecule has 6 nitrogen and oxygen atoms in total. The molecule has 24 heavy (non-hydrogen) atoms. The van der Waals surface area contributed by atoms with Gasteiger partial charge in [-0.05, 0) is 31.9 Å². The number of hydrogen-bond donors (Lipinski definition) is 2. The van der Waals surface area contributed by atoms with Gasteiger partial charge in [-0.15, -0.1) is 0 Å². The quantitative estimate of drug-likeness (QED) is 0.773. The molecule has 0 heterocycles. The second kappa shape index (κ2) is 8.28. The number of sulfone groups is 1. The summed E-state index contributed by atoms with van der Waals surface area (Å²) in [7, 11) is -3.42. The van der Waals surface area contributed by atoms with Crippen molar-refractivity contribution in [3.05, 3.63) is 30.3 Å². The minimum absolute atomic E-state index is 0.00120. The van der Waals surface area contributed by atoms with Crippen molar-refractivity contribution in [1.29, 1.82) is 0 Å². The van der Waals surface area contributed by atoms with Crippen LogP contribution in [0.1, 0.15) is 32.6 Å². The monoisotopic (exact) mass is 352 g/mol. The summed E-state index contributed by atoms with van der Waals surface area (Å²) in [5.41, 5.74) is 0. The summed E-state index contributed by atoms with van der Waals surface area (Å²) in [5, 5.41) is 5.27. The molecule has 7 heteroatoms. The van der Waals surface area contributed by atoms with Crippen LogP contribution < -0.4 is 10.6 Å². The Labute approximate surface area is 142 Å². The normalized spacial score (nSPS) is 16.5. The van der Waals surface area contributed by atoms with Crippen LogP contribution in [-0.2, 0) is 19.4 Å². The lowest BCUT2D eigenvalue weighted by molar-refractivity contribution is -0.130. The minimum Gasteiger partial charge on any atom is -0.353 e. The topological polar surface area (TPSA) is 92.3 Å². The van der Waals surface area contributed by atoms with E-state index in [2.05, 4.69) is 10.6 Å². The predicted octanol–water partition coefficient (Wildman–Crippen LogP) is 1.27. The summed E-state index contributed by atoms with van der Waals surface area (Å²) in [5.74, 6) is -0.637. The Morgan fingerprint density at radius 3 is 2.42 bits per heavy atom. The SMILES string of the molecule is C[C@H](NC(=O)C1CCCC1)C(=O)NCCS(=O)(=O)c1ccccc1. The first kappa shape index (κ1) is 18.4. The van der Waals surface area contributed by atoms with Gasteiger partial charge < -0.3 is 10.6 Å². The van der Waals surface area contributed by atoms with Crippen molar-refractivity contribution in [2.75, 3.05) is 12.3 Å². The van der Waals surface area contributed by atoms with Crippen LogP contribution in [0.4, 0.5) is 0 Å². The number of amides is 2. The molecule has 1 saturated carbocycles. The molecule has 1 aromatic rings.